The van der Waals surface area contributed by atoms with Crippen molar-refractivity contribution in [3.05, 3.63) is 58.5 Å². The summed E-state index contributed by atoms with van der Waals surface area (Å²) < 4.78 is 15.6. The van der Waals surface area contributed by atoms with E-state index in [-0.39, 0.29) is 5.91 Å². The summed E-state index contributed by atoms with van der Waals surface area (Å²) in [4.78, 5) is 31.0. The van der Waals surface area contributed by atoms with Gasteiger partial charge >= 0.3 is 5.97 Å². The highest BCUT2D eigenvalue weighted by Gasteiger charge is 2.30. The summed E-state index contributed by atoms with van der Waals surface area (Å²) in [6, 6.07) is 12.2. The first-order valence-corrected chi connectivity index (χ1v) is 10.0. The molecule has 1 aliphatic heterocycles. The van der Waals surface area contributed by atoms with Crippen LogP contribution in [0.5, 0.6) is 11.5 Å². The fourth-order valence-electron chi connectivity index (χ4n) is 2.79. The molecule has 0 spiro atoms. The van der Waals surface area contributed by atoms with Gasteiger partial charge in [0.1, 0.15) is 0 Å². The number of benzene rings is 2. The zero-order valence-corrected chi connectivity index (χ0v) is 18.0. The van der Waals surface area contributed by atoms with Crippen molar-refractivity contribution in [3.8, 4) is 11.5 Å². The second kappa shape index (κ2) is 9.49. The molecule has 1 fully saturated rings. The Balaban J connectivity index is 1.88. The molecule has 156 valence electrons. The van der Waals surface area contributed by atoms with Crippen LogP contribution in [0.25, 0.3) is 6.08 Å². The molecule has 1 saturated heterocycles. The maximum absolute atomic E-state index is 12.7. The molecule has 0 N–H and O–H groups in total. The minimum absolute atomic E-state index is 0.156. The zero-order valence-electron chi connectivity index (χ0n) is 17.2. The van der Waals surface area contributed by atoms with Gasteiger partial charge in [0, 0.05) is 7.05 Å². The first-order chi connectivity index (χ1) is 14.5. The van der Waals surface area contributed by atoms with Crippen LogP contribution in [0.4, 0.5) is 5.69 Å². The average molecular weight is 426 g/mol. The number of likely N-dealkylation sites (N-methyl/N-ethyl adjacent to an activating group) is 1. The van der Waals surface area contributed by atoms with Crippen molar-refractivity contribution in [1.29, 1.82) is 0 Å². The summed E-state index contributed by atoms with van der Waals surface area (Å²) in [6.45, 7) is 2.40. The highest BCUT2D eigenvalue weighted by Crippen LogP contribution is 2.35. The standard InChI is InChI=1S/C22H22N2O5S/c1-5-29-18-11-14(9-10-17(18)27-3)12-19-20(25)24(2)22(30-19)23-16-8-6-7-15(13-16)21(26)28-4/h6-13H,5H2,1-4H3. The van der Waals surface area contributed by atoms with Gasteiger partial charge in [0.05, 0.1) is 37.0 Å². The van der Waals surface area contributed by atoms with Crippen LogP contribution in [-0.4, -0.2) is 49.8 Å². The first kappa shape index (κ1) is 21.4. The minimum atomic E-state index is -0.439. The number of ether oxygens (including phenoxy) is 3. The van der Waals surface area contributed by atoms with Gasteiger partial charge in [-0.2, -0.15) is 0 Å². The second-order valence-electron chi connectivity index (χ2n) is 6.25. The van der Waals surface area contributed by atoms with E-state index in [4.69, 9.17) is 14.2 Å². The van der Waals surface area contributed by atoms with E-state index >= 15 is 0 Å². The zero-order chi connectivity index (χ0) is 21.7. The van der Waals surface area contributed by atoms with Gasteiger partial charge in [-0.3, -0.25) is 9.69 Å². The molecule has 0 radical (unpaired) electrons. The molecule has 1 amide bonds. The van der Waals surface area contributed by atoms with E-state index < -0.39 is 5.97 Å². The molecule has 1 aliphatic rings. The number of hydrogen-bond donors (Lipinski definition) is 0. The van der Waals surface area contributed by atoms with Gasteiger partial charge in [0.2, 0.25) is 0 Å². The first-order valence-electron chi connectivity index (χ1n) is 9.22. The topological polar surface area (TPSA) is 77.4 Å². The van der Waals surface area contributed by atoms with Crippen molar-refractivity contribution in [2.45, 2.75) is 6.92 Å². The van der Waals surface area contributed by atoms with Gasteiger partial charge in [-0.1, -0.05) is 12.1 Å². The monoisotopic (exact) mass is 426 g/mol. The molecule has 1 heterocycles. The Bertz CT molecular complexity index is 1030. The molecule has 0 saturated carbocycles. The Kier molecular flexibility index (Phi) is 6.79. The van der Waals surface area contributed by atoms with Crippen LogP contribution in [0.2, 0.25) is 0 Å². The smallest absolute Gasteiger partial charge is 0.337 e. The van der Waals surface area contributed by atoms with E-state index in [0.29, 0.717) is 39.4 Å². The molecule has 3 rings (SSSR count). The van der Waals surface area contributed by atoms with Crippen molar-refractivity contribution in [2.24, 2.45) is 4.99 Å². The molecule has 0 unspecified atom stereocenters. The molecular weight excluding hydrogens is 404 g/mol. The molecule has 30 heavy (non-hydrogen) atoms. The second-order valence-corrected chi connectivity index (χ2v) is 7.26. The van der Waals surface area contributed by atoms with Crippen molar-refractivity contribution in [2.75, 3.05) is 27.9 Å². The number of hydrogen-bond acceptors (Lipinski definition) is 7. The van der Waals surface area contributed by atoms with Crippen LogP contribution in [-0.2, 0) is 9.53 Å². The van der Waals surface area contributed by atoms with E-state index in [9.17, 15) is 9.59 Å². The van der Waals surface area contributed by atoms with Gasteiger partial charge < -0.3 is 14.2 Å². The number of rotatable bonds is 6. The Morgan fingerprint density at radius 2 is 1.97 bits per heavy atom. The van der Waals surface area contributed by atoms with E-state index in [1.54, 1.807) is 50.6 Å². The number of amidine groups is 1. The summed E-state index contributed by atoms with van der Waals surface area (Å²) in [5.41, 5.74) is 1.77. The summed E-state index contributed by atoms with van der Waals surface area (Å²) in [5.74, 6) is 0.656. The number of methoxy groups -OCH3 is 2. The van der Waals surface area contributed by atoms with Crippen LogP contribution in [0.15, 0.2) is 52.4 Å². The Morgan fingerprint density at radius 3 is 2.67 bits per heavy atom. The third-order valence-electron chi connectivity index (χ3n) is 4.28. The Hall–Kier alpha value is -3.26. The summed E-state index contributed by atoms with van der Waals surface area (Å²) in [6.07, 6.45) is 1.79. The highest BCUT2D eigenvalue weighted by molar-refractivity contribution is 8.18. The fourth-order valence-corrected chi connectivity index (χ4v) is 3.77. The molecule has 7 nitrogen and oxygen atoms in total. The maximum Gasteiger partial charge on any atom is 0.337 e. The third-order valence-corrected chi connectivity index (χ3v) is 5.34. The predicted octanol–water partition coefficient (Wildman–Crippen LogP) is 4.11. The largest absolute Gasteiger partial charge is 0.493 e. The number of carbonyl (C=O) groups excluding carboxylic acids is 2. The molecule has 0 atom stereocenters. The Morgan fingerprint density at radius 1 is 1.17 bits per heavy atom. The van der Waals surface area contributed by atoms with Crippen molar-refractivity contribution in [3.63, 3.8) is 0 Å². The fraction of sp³-hybridized carbons (Fsp3) is 0.227. The van der Waals surface area contributed by atoms with E-state index in [1.807, 2.05) is 19.1 Å². The van der Waals surface area contributed by atoms with Gasteiger partial charge in [-0.25, -0.2) is 9.79 Å². The average Bonchev–Trinajstić information content (AvgIpc) is 3.01. The molecule has 0 aliphatic carbocycles. The van der Waals surface area contributed by atoms with Gasteiger partial charge in [0.15, 0.2) is 16.7 Å². The Labute approximate surface area is 179 Å². The number of carbonyl (C=O) groups is 2. The molecule has 2 aromatic carbocycles. The van der Waals surface area contributed by atoms with Crippen molar-refractivity contribution < 1.29 is 23.8 Å². The summed E-state index contributed by atoms with van der Waals surface area (Å²) in [7, 11) is 4.57. The van der Waals surface area contributed by atoms with Crippen LogP contribution in [0.3, 0.4) is 0 Å². The predicted molar refractivity (Wildman–Crippen MR) is 117 cm³/mol. The van der Waals surface area contributed by atoms with Crippen LogP contribution < -0.4 is 9.47 Å². The van der Waals surface area contributed by atoms with Crippen LogP contribution in [0, 0.1) is 0 Å². The van der Waals surface area contributed by atoms with Gasteiger partial charge in [-0.05, 0) is 60.7 Å². The van der Waals surface area contributed by atoms with Crippen molar-refractivity contribution >= 4 is 40.6 Å². The van der Waals surface area contributed by atoms with Crippen molar-refractivity contribution in [1.82, 2.24) is 4.90 Å². The molecule has 8 heteroatoms. The highest BCUT2D eigenvalue weighted by atomic mass is 32.2. The lowest BCUT2D eigenvalue weighted by Gasteiger charge is -2.09. The lowest BCUT2D eigenvalue weighted by atomic mass is 10.2. The van der Waals surface area contributed by atoms with Crippen LogP contribution in [0.1, 0.15) is 22.8 Å². The molecule has 0 aromatic heterocycles. The summed E-state index contributed by atoms with van der Waals surface area (Å²) >= 11 is 1.26. The van der Waals surface area contributed by atoms with E-state index in [0.717, 1.165) is 5.56 Å². The van der Waals surface area contributed by atoms with Gasteiger partial charge in [0.25, 0.3) is 5.91 Å². The molecular formula is C22H22N2O5S. The number of aliphatic imine (C=N–C) groups is 1. The normalized spacial score (nSPS) is 16.3. The third kappa shape index (κ3) is 4.65. The molecule has 2 aromatic rings. The lowest BCUT2D eigenvalue weighted by Crippen LogP contribution is -2.23. The van der Waals surface area contributed by atoms with E-state index in [2.05, 4.69) is 4.99 Å². The minimum Gasteiger partial charge on any atom is -0.493 e. The molecule has 0 bridgehead atoms. The lowest BCUT2D eigenvalue weighted by molar-refractivity contribution is -0.121. The summed E-state index contributed by atoms with van der Waals surface area (Å²) in [5, 5.41) is 0.520. The van der Waals surface area contributed by atoms with Gasteiger partial charge in [-0.15, -0.1) is 0 Å². The number of thioether (sulfide) groups is 1. The van der Waals surface area contributed by atoms with E-state index in [1.165, 1.54) is 23.8 Å². The SMILES string of the molecule is CCOc1cc(C=C2SC(=Nc3cccc(C(=O)OC)c3)N(C)C2=O)ccc1OC. The number of esters is 1. The number of nitrogens with zero attached hydrogens (tertiary/aromatic N) is 2. The quantitative estimate of drug-likeness (QED) is 0.511. The maximum atomic E-state index is 12.7. The number of amides is 1. The van der Waals surface area contributed by atoms with Crippen LogP contribution >= 0.6 is 11.8 Å².